The number of aromatic nitrogens is 2. The van der Waals surface area contributed by atoms with Gasteiger partial charge in [-0.3, -0.25) is 9.59 Å². The average molecular weight is 315 g/mol. The van der Waals surface area contributed by atoms with Gasteiger partial charge in [0.15, 0.2) is 0 Å². The molecule has 1 amide bonds. The fraction of sp³-hybridized carbons (Fsp3) is 0.353. The molecule has 0 radical (unpaired) electrons. The van der Waals surface area contributed by atoms with Gasteiger partial charge in [0.1, 0.15) is 11.9 Å². The summed E-state index contributed by atoms with van der Waals surface area (Å²) in [5.41, 5.74) is 0.932. The highest BCUT2D eigenvalue weighted by molar-refractivity contribution is 5.79. The summed E-state index contributed by atoms with van der Waals surface area (Å²) in [6.45, 7) is 1.69. The number of nitrogens with one attached hydrogen (secondary N) is 1. The van der Waals surface area contributed by atoms with Gasteiger partial charge in [0, 0.05) is 24.1 Å². The molecule has 0 spiro atoms. The summed E-state index contributed by atoms with van der Waals surface area (Å²) in [7, 11) is 0. The number of carbonyl (C=O) groups is 1. The average Bonchev–Trinajstić information content (AvgIpc) is 3.38. The normalized spacial score (nSPS) is 15.2. The van der Waals surface area contributed by atoms with Gasteiger partial charge in [0.25, 0.3) is 5.56 Å². The summed E-state index contributed by atoms with van der Waals surface area (Å²) < 4.78 is 14.8. The minimum Gasteiger partial charge on any atom is -0.350 e. The van der Waals surface area contributed by atoms with Crippen molar-refractivity contribution in [2.75, 3.05) is 0 Å². The Balaban J connectivity index is 1.71. The standard InChI is InChI=1S/C17H18FN3O2/c1-11(17(23)19-10-13-4-2-3-5-14(13)18)21-16(22)9-8-15(20-21)12-6-7-12/h2-5,8-9,11-12H,6-7,10H2,1H3,(H,19,23)/t11-/m1/s1. The Morgan fingerprint density at radius 3 is 2.78 bits per heavy atom. The Morgan fingerprint density at radius 1 is 1.35 bits per heavy atom. The number of nitrogens with zero attached hydrogens (tertiary/aromatic N) is 2. The largest absolute Gasteiger partial charge is 0.350 e. The first-order valence-electron chi connectivity index (χ1n) is 7.67. The number of halogens is 1. The zero-order valence-corrected chi connectivity index (χ0v) is 12.8. The lowest BCUT2D eigenvalue weighted by Crippen LogP contribution is -2.37. The van der Waals surface area contributed by atoms with Crippen LogP contribution in [-0.4, -0.2) is 15.7 Å². The second-order valence-corrected chi connectivity index (χ2v) is 5.80. The van der Waals surface area contributed by atoms with Crippen molar-refractivity contribution in [3.05, 3.63) is 63.8 Å². The van der Waals surface area contributed by atoms with Gasteiger partial charge in [0.2, 0.25) is 5.91 Å². The molecular formula is C17H18FN3O2. The van der Waals surface area contributed by atoms with Crippen LogP contribution >= 0.6 is 0 Å². The number of carbonyl (C=O) groups excluding carboxylic acids is 1. The van der Waals surface area contributed by atoms with E-state index in [1.807, 2.05) is 0 Å². The van der Waals surface area contributed by atoms with E-state index >= 15 is 0 Å². The molecule has 1 fully saturated rings. The van der Waals surface area contributed by atoms with Gasteiger partial charge in [-0.1, -0.05) is 18.2 Å². The fourth-order valence-electron chi connectivity index (χ4n) is 2.40. The molecule has 3 rings (SSSR count). The molecule has 23 heavy (non-hydrogen) atoms. The summed E-state index contributed by atoms with van der Waals surface area (Å²) in [5, 5.41) is 6.95. The van der Waals surface area contributed by atoms with E-state index in [1.54, 1.807) is 31.2 Å². The van der Waals surface area contributed by atoms with Crippen molar-refractivity contribution in [1.29, 1.82) is 0 Å². The molecule has 2 aromatic rings. The number of benzene rings is 1. The summed E-state index contributed by atoms with van der Waals surface area (Å²) in [4.78, 5) is 24.2. The Kier molecular flexibility index (Phi) is 4.23. The quantitative estimate of drug-likeness (QED) is 0.919. The van der Waals surface area contributed by atoms with E-state index in [-0.39, 0.29) is 23.8 Å². The van der Waals surface area contributed by atoms with Gasteiger partial charge in [-0.15, -0.1) is 0 Å². The van der Waals surface area contributed by atoms with Gasteiger partial charge in [0.05, 0.1) is 5.69 Å². The highest BCUT2D eigenvalue weighted by Gasteiger charge is 2.27. The number of amides is 1. The van der Waals surface area contributed by atoms with Gasteiger partial charge in [-0.25, -0.2) is 9.07 Å². The summed E-state index contributed by atoms with van der Waals surface area (Å²) in [6, 6.07) is 8.68. The van der Waals surface area contributed by atoms with Crippen LogP contribution in [0.2, 0.25) is 0 Å². The van der Waals surface area contributed by atoms with E-state index in [9.17, 15) is 14.0 Å². The number of hydrogen-bond donors (Lipinski definition) is 1. The minimum atomic E-state index is -0.743. The van der Waals surface area contributed by atoms with Crippen LogP contribution < -0.4 is 10.9 Å². The van der Waals surface area contributed by atoms with Crippen LogP contribution in [0.3, 0.4) is 0 Å². The maximum absolute atomic E-state index is 13.6. The lowest BCUT2D eigenvalue weighted by molar-refractivity contribution is -0.124. The van der Waals surface area contributed by atoms with Crippen molar-refractivity contribution in [3.63, 3.8) is 0 Å². The van der Waals surface area contributed by atoms with Crippen LogP contribution in [0.5, 0.6) is 0 Å². The molecule has 0 saturated heterocycles. The van der Waals surface area contributed by atoms with Crippen LogP contribution in [0.15, 0.2) is 41.2 Å². The lowest BCUT2D eigenvalue weighted by atomic mass is 10.2. The van der Waals surface area contributed by atoms with Crippen LogP contribution in [0, 0.1) is 5.82 Å². The van der Waals surface area contributed by atoms with E-state index in [4.69, 9.17) is 0 Å². The lowest BCUT2D eigenvalue weighted by Gasteiger charge is -2.15. The maximum atomic E-state index is 13.6. The molecule has 1 aromatic carbocycles. The number of rotatable bonds is 5. The number of hydrogen-bond acceptors (Lipinski definition) is 3. The molecule has 120 valence electrons. The smallest absolute Gasteiger partial charge is 0.267 e. The summed E-state index contributed by atoms with van der Waals surface area (Å²) in [6.07, 6.45) is 2.14. The second-order valence-electron chi connectivity index (χ2n) is 5.80. The summed E-state index contributed by atoms with van der Waals surface area (Å²) >= 11 is 0. The first-order valence-corrected chi connectivity index (χ1v) is 7.67. The molecule has 1 saturated carbocycles. The second kappa shape index (κ2) is 6.32. The molecule has 1 atom stereocenters. The van der Waals surface area contributed by atoms with E-state index in [1.165, 1.54) is 16.8 Å². The fourth-order valence-corrected chi connectivity index (χ4v) is 2.40. The van der Waals surface area contributed by atoms with E-state index in [0.29, 0.717) is 11.5 Å². The van der Waals surface area contributed by atoms with E-state index < -0.39 is 6.04 Å². The molecule has 1 aliphatic carbocycles. The topological polar surface area (TPSA) is 64.0 Å². The maximum Gasteiger partial charge on any atom is 0.267 e. The molecule has 1 aromatic heterocycles. The molecule has 0 unspecified atom stereocenters. The zero-order chi connectivity index (χ0) is 16.4. The Labute approximate surface area is 133 Å². The third-order valence-corrected chi connectivity index (χ3v) is 4.00. The molecule has 6 heteroatoms. The Morgan fingerprint density at radius 2 is 2.09 bits per heavy atom. The molecule has 1 aliphatic rings. The predicted molar refractivity (Wildman–Crippen MR) is 83.4 cm³/mol. The first-order chi connectivity index (χ1) is 11.1. The van der Waals surface area contributed by atoms with Crippen molar-refractivity contribution in [2.45, 2.75) is 38.3 Å². The Bertz CT molecular complexity index is 783. The predicted octanol–water partition coefficient (Wildman–Crippen LogP) is 2.14. The van der Waals surface area contributed by atoms with Crippen LogP contribution in [-0.2, 0) is 11.3 Å². The highest BCUT2D eigenvalue weighted by atomic mass is 19.1. The third kappa shape index (κ3) is 3.47. The highest BCUT2D eigenvalue weighted by Crippen LogP contribution is 2.38. The first kappa shape index (κ1) is 15.4. The molecule has 5 nitrogen and oxygen atoms in total. The molecular weight excluding hydrogens is 297 g/mol. The molecule has 0 aliphatic heterocycles. The zero-order valence-electron chi connectivity index (χ0n) is 12.8. The van der Waals surface area contributed by atoms with Gasteiger partial charge >= 0.3 is 0 Å². The van der Waals surface area contributed by atoms with Crippen LogP contribution in [0.25, 0.3) is 0 Å². The van der Waals surface area contributed by atoms with Gasteiger partial charge in [-0.2, -0.15) is 5.10 Å². The van der Waals surface area contributed by atoms with Crippen molar-refractivity contribution in [1.82, 2.24) is 15.1 Å². The van der Waals surface area contributed by atoms with Gasteiger partial charge in [-0.05, 0) is 31.9 Å². The van der Waals surface area contributed by atoms with Crippen LogP contribution in [0.1, 0.15) is 43.0 Å². The van der Waals surface area contributed by atoms with E-state index in [0.717, 1.165) is 18.5 Å². The molecule has 0 bridgehead atoms. The SMILES string of the molecule is C[C@H](C(=O)NCc1ccccc1F)n1nc(C2CC2)ccc1=O. The molecule has 1 heterocycles. The monoisotopic (exact) mass is 315 g/mol. The van der Waals surface area contributed by atoms with Gasteiger partial charge < -0.3 is 5.32 Å². The Hall–Kier alpha value is -2.50. The van der Waals surface area contributed by atoms with E-state index in [2.05, 4.69) is 10.4 Å². The summed E-state index contributed by atoms with van der Waals surface area (Å²) in [5.74, 6) is -0.335. The molecule has 1 N–H and O–H groups in total. The third-order valence-electron chi connectivity index (χ3n) is 4.00. The van der Waals surface area contributed by atoms with Crippen molar-refractivity contribution in [2.24, 2.45) is 0 Å². The minimum absolute atomic E-state index is 0.0763. The van der Waals surface area contributed by atoms with Crippen molar-refractivity contribution in [3.8, 4) is 0 Å². The van der Waals surface area contributed by atoms with Crippen molar-refractivity contribution < 1.29 is 9.18 Å². The van der Waals surface area contributed by atoms with Crippen LogP contribution in [0.4, 0.5) is 4.39 Å². The van der Waals surface area contributed by atoms with Crippen molar-refractivity contribution >= 4 is 5.91 Å².